The molecular formula is C32H46O9Si. The Hall–Kier alpha value is -3.15. The van der Waals surface area contributed by atoms with Crippen LogP contribution in [0.2, 0.25) is 18.1 Å². The van der Waals surface area contributed by atoms with Crippen molar-refractivity contribution in [1.82, 2.24) is 0 Å². The molecule has 0 saturated heterocycles. The molecule has 0 saturated carbocycles. The number of aromatic hydroxyl groups is 1. The molecule has 232 valence electrons. The minimum absolute atomic E-state index is 0.00512. The summed E-state index contributed by atoms with van der Waals surface area (Å²) in [6.07, 6.45) is 5.33. The predicted octanol–water partition coefficient (Wildman–Crippen LogP) is 6.75. The first-order chi connectivity index (χ1) is 19.8. The normalized spacial score (nSPS) is 12.5. The van der Waals surface area contributed by atoms with Gasteiger partial charge >= 0.3 is 0 Å². The van der Waals surface area contributed by atoms with E-state index in [0.29, 0.717) is 41.4 Å². The lowest BCUT2D eigenvalue weighted by atomic mass is 10.00. The summed E-state index contributed by atoms with van der Waals surface area (Å²) in [7, 11) is 2.66. The smallest absolute Gasteiger partial charge is 0.192 e. The average molecular weight is 603 g/mol. The Balaban J connectivity index is 2.32. The molecule has 2 aromatic rings. The van der Waals surface area contributed by atoms with Crippen molar-refractivity contribution in [1.29, 1.82) is 0 Å². The number of phenols is 1. The largest absolute Gasteiger partial charge is 0.507 e. The number of rotatable bonds is 17. The summed E-state index contributed by atoms with van der Waals surface area (Å²) in [6, 6.07) is 8.39. The van der Waals surface area contributed by atoms with Crippen molar-refractivity contribution in [3.63, 3.8) is 0 Å². The molecule has 0 aliphatic carbocycles. The zero-order chi connectivity index (χ0) is 31.3. The molecule has 0 spiro atoms. The molecule has 0 aromatic heterocycles. The standard InChI is InChI=1S/C32H46O9Si/c1-23(19-41-42(8,9)32(2,3)4)10-14-27-29(39-21-36-6)17-15-26(31(27)34)28(33)16-12-24-11-13-25(38-20-35-5)18-30(24)40-22-37-7/h10-13,15-18,34H,14,19-22H2,1-9H3/b16-12+,23-10+. The van der Waals surface area contributed by atoms with Gasteiger partial charge in [0.1, 0.15) is 23.0 Å². The number of carbonyl (C=O) groups excluding carboxylic acids is 1. The third kappa shape index (κ3) is 10.3. The number of ketones is 1. The molecular weight excluding hydrogens is 556 g/mol. The second kappa shape index (κ2) is 16.5. The van der Waals surface area contributed by atoms with Crippen LogP contribution in [0.25, 0.3) is 6.08 Å². The lowest BCUT2D eigenvalue weighted by molar-refractivity contribution is 0.0459. The quantitative estimate of drug-likeness (QED) is 0.0693. The van der Waals surface area contributed by atoms with Crippen LogP contribution in [0.3, 0.4) is 0 Å². The van der Waals surface area contributed by atoms with E-state index < -0.39 is 8.32 Å². The molecule has 0 aliphatic heterocycles. The summed E-state index contributed by atoms with van der Waals surface area (Å²) in [4.78, 5) is 13.2. The highest BCUT2D eigenvalue weighted by Gasteiger charge is 2.37. The van der Waals surface area contributed by atoms with Crippen molar-refractivity contribution in [2.75, 3.05) is 48.3 Å². The van der Waals surface area contributed by atoms with Gasteiger partial charge in [0.15, 0.2) is 34.5 Å². The molecule has 0 unspecified atom stereocenters. The van der Waals surface area contributed by atoms with E-state index in [4.69, 9.17) is 32.8 Å². The first-order valence-electron chi connectivity index (χ1n) is 13.7. The maximum absolute atomic E-state index is 13.2. The molecule has 1 N–H and O–H groups in total. The third-order valence-electron chi connectivity index (χ3n) is 7.03. The van der Waals surface area contributed by atoms with Crippen molar-refractivity contribution in [3.05, 3.63) is 64.7 Å². The van der Waals surface area contributed by atoms with E-state index in [1.54, 1.807) is 30.3 Å². The molecule has 0 aliphatic rings. The van der Waals surface area contributed by atoms with E-state index in [0.717, 1.165) is 5.57 Å². The molecule has 0 bridgehead atoms. The fourth-order valence-corrected chi connectivity index (χ4v) is 4.51. The van der Waals surface area contributed by atoms with Crippen LogP contribution in [-0.2, 0) is 25.1 Å². The summed E-state index contributed by atoms with van der Waals surface area (Å²) in [5.74, 6) is 0.908. The van der Waals surface area contributed by atoms with Gasteiger partial charge in [0.25, 0.3) is 0 Å². The Labute approximate surface area is 251 Å². The van der Waals surface area contributed by atoms with Gasteiger partial charge in [0.05, 0.1) is 12.2 Å². The van der Waals surface area contributed by atoms with Crippen LogP contribution in [0, 0.1) is 0 Å². The van der Waals surface area contributed by atoms with E-state index >= 15 is 0 Å². The highest BCUT2D eigenvalue weighted by atomic mass is 28.4. The van der Waals surface area contributed by atoms with Gasteiger partial charge in [-0.05, 0) is 67.9 Å². The van der Waals surface area contributed by atoms with Gasteiger partial charge in [-0.3, -0.25) is 4.79 Å². The first kappa shape index (κ1) is 35.0. The summed E-state index contributed by atoms with van der Waals surface area (Å²) >= 11 is 0. The lowest BCUT2D eigenvalue weighted by Gasteiger charge is -2.36. The van der Waals surface area contributed by atoms with E-state index in [9.17, 15) is 9.90 Å². The van der Waals surface area contributed by atoms with Crippen LogP contribution >= 0.6 is 0 Å². The number of carbonyl (C=O) groups is 1. The Bertz CT molecular complexity index is 1230. The summed E-state index contributed by atoms with van der Waals surface area (Å²) in [6.45, 7) is 13.6. The fourth-order valence-electron chi connectivity index (χ4n) is 3.49. The number of phenolic OH excluding ortho intramolecular Hbond substituents is 1. The Kier molecular flexibility index (Phi) is 13.7. The highest BCUT2D eigenvalue weighted by Crippen LogP contribution is 2.37. The van der Waals surface area contributed by atoms with Crippen LogP contribution in [0.1, 0.15) is 49.2 Å². The first-order valence-corrected chi connectivity index (χ1v) is 16.6. The predicted molar refractivity (Wildman–Crippen MR) is 166 cm³/mol. The summed E-state index contributed by atoms with van der Waals surface area (Å²) in [5, 5.41) is 11.3. The van der Waals surface area contributed by atoms with Crippen molar-refractivity contribution in [3.8, 4) is 23.0 Å². The van der Waals surface area contributed by atoms with Gasteiger partial charge in [-0.25, -0.2) is 0 Å². The van der Waals surface area contributed by atoms with Gasteiger partial charge in [0, 0.05) is 38.5 Å². The molecule has 0 atom stereocenters. The Morgan fingerprint density at radius 1 is 0.905 bits per heavy atom. The minimum Gasteiger partial charge on any atom is -0.507 e. The lowest BCUT2D eigenvalue weighted by Crippen LogP contribution is -2.41. The second-order valence-electron chi connectivity index (χ2n) is 11.3. The zero-order valence-corrected chi connectivity index (χ0v) is 27.4. The maximum Gasteiger partial charge on any atom is 0.192 e. The summed E-state index contributed by atoms with van der Waals surface area (Å²) in [5.41, 5.74) is 2.29. The van der Waals surface area contributed by atoms with E-state index in [1.807, 2.05) is 13.0 Å². The monoisotopic (exact) mass is 602 g/mol. The third-order valence-corrected chi connectivity index (χ3v) is 11.5. The molecule has 2 rings (SSSR count). The number of allylic oxidation sites excluding steroid dienone is 2. The van der Waals surface area contributed by atoms with E-state index in [1.165, 1.54) is 33.5 Å². The SMILES string of the molecule is COCOc1ccc(/C=C/C(=O)c2ccc(OCOC)c(C/C=C(\C)CO[Si](C)(C)C(C)(C)C)c2O)c(OCOC)c1. The van der Waals surface area contributed by atoms with Crippen LogP contribution in [-0.4, -0.2) is 67.5 Å². The van der Waals surface area contributed by atoms with Crippen molar-refractivity contribution in [2.45, 2.75) is 52.2 Å². The molecule has 10 heteroatoms. The van der Waals surface area contributed by atoms with E-state index in [-0.39, 0.29) is 42.5 Å². The highest BCUT2D eigenvalue weighted by molar-refractivity contribution is 6.74. The second-order valence-corrected chi connectivity index (χ2v) is 16.1. The fraction of sp³-hybridized carbons (Fsp3) is 0.469. The van der Waals surface area contributed by atoms with Gasteiger partial charge in [-0.15, -0.1) is 0 Å². The zero-order valence-electron chi connectivity index (χ0n) is 26.4. The van der Waals surface area contributed by atoms with Gasteiger partial charge in [-0.1, -0.05) is 32.4 Å². The van der Waals surface area contributed by atoms with Gasteiger partial charge < -0.3 is 38.0 Å². The van der Waals surface area contributed by atoms with Crippen LogP contribution in [0.5, 0.6) is 23.0 Å². The van der Waals surface area contributed by atoms with Crippen molar-refractivity contribution < 1.29 is 42.7 Å². The van der Waals surface area contributed by atoms with Crippen LogP contribution in [0.15, 0.2) is 48.1 Å². The number of methoxy groups -OCH3 is 3. The van der Waals surface area contributed by atoms with E-state index in [2.05, 4.69) is 33.9 Å². The molecule has 42 heavy (non-hydrogen) atoms. The number of hydrogen-bond donors (Lipinski definition) is 1. The molecule has 0 amide bonds. The average Bonchev–Trinajstić information content (AvgIpc) is 2.94. The van der Waals surface area contributed by atoms with Gasteiger partial charge in [-0.2, -0.15) is 0 Å². The summed E-state index contributed by atoms with van der Waals surface area (Å²) < 4.78 is 38.2. The number of benzene rings is 2. The molecule has 0 radical (unpaired) electrons. The number of hydrogen-bond acceptors (Lipinski definition) is 9. The van der Waals surface area contributed by atoms with Gasteiger partial charge in [0.2, 0.25) is 0 Å². The molecule has 0 heterocycles. The van der Waals surface area contributed by atoms with Crippen LogP contribution in [0.4, 0.5) is 0 Å². The molecule has 0 fully saturated rings. The van der Waals surface area contributed by atoms with Crippen molar-refractivity contribution >= 4 is 20.2 Å². The topological polar surface area (TPSA) is 102 Å². The number of ether oxygens (including phenoxy) is 6. The molecule has 9 nitrogen and oxygen atoms in total. The maximum atomic E-state index is 13.2. The Morgan fingerprint density at radius 2 is 1.52 bits per heavy atom. The minimum atomic E-state index is -1.91. The van der Waals surface area contributed by atoms with Crippen LogP contribution < -0.4 is 14.2 Å². The molecule has 2 aromatic carbocycles. The Morgan fingerprint density at radius 3 is 2.14 bits per heavy atom. The van der Waals surface area contributed by atoms with Crippen molar-refractivity contribution in [2.24, 2.45) is 0 Å².